The Hall–Kier alpha value is -3.04. The van der Waals surface area contributed by atoms with Crippen LogP contribution in [0.5, 0.6) is 11.8 Å². The van der Waals surface area contributed by atoms with E-state index >= 15 is 0 Å². The summed E-state index contributed by atoms with van der Waals surface area (Å²) >= 11 is 0. The molecular weight excluding hydrogens is 379 g/mol. The lowest BCUT2D eigenvalue weighted by atomic mass is 10.2. The van der Waals surface area contributed by atoms with E-state index in [1.54, 1.807) is 0 Å². The van der Waals surface area contributed by atoms with Crippen molar-refractivity contribution in [2.45, 2.75) is 26.4 Å². The number of nitrogens with one attached hydrogen (secondary N) is 1. The first-order valence-electron chi connectivity index (χ1n) is 8.52. The van der Waals surface area contributed by atoms with E-state index in [9.17, 15) is 22.8 Å². The van der Waals surface area contributed by atoms with Crippen LogP contribution in [-0.2, 0) is 11.2 Å². The molecule has 1 aliphatic rings. The highest BCUT2D eigenvalue weighted by atomic mass is 19.4. The van der Waals surface area contributed by atoms with E-state index < -0.39 is 18.3 Å². The molecule has 1 N–H and O–H groups in total. The number of nitrogens with zero attached hydrogens (tertiary/aromatic N) is 2. The van der Waals surface area contributed by atoms with Crippen LogP contribution in [0, 0.1) is 5.92 Å². The van der Waals surface area contributed by atoms with Crippen LogP contribution in [0.4, 0.5) is 19.0 Å². The second-order valence-corrected chi connectivity index (χ2v) is 6.69. The first-order chi connectivity index (χ1) is 13.1. The lowest BCUT2D eigenvalue weighted by Gasteiger charge is -2.16. The molecule has 0 bridgehead atoms. The predicted molar refractivity (Wildman–Crippen MR) is 94.1 cm³/mol. The van der Waals surface area contributed by atoms with Crippen LogP contribution >= 0.6 is 0 Å². The fraction of sp³-hybridized carbons (Fsp3) is 0.389. The Morgan fingerprint density at radius 2 is 1.86 bits per heavy atom. The zero-order chi connectivity index (χ0) is 20.5. The highest BCUT2D eigenvalue weighted by molar-refractivity contribution is 5.97. The van der Waals surface area contributed by atoms with Crippen LogP contribution in [0.3, 0.4) is 0 Å². The van der Waals surface area contributed by atoms with E-state index in [0.717, 1.165) is 0 Å². The number of alkyl halides is 3. The van der Waals surface area contributed by atoms with E-state index in [2.05, 4.69) is 15.0 Å². The fourth-order valence-corrected chi connectivity index (χ4v) is 2.56. The van der Waals surface area contributed by atoms with Gasteiger partial charge in [-0.15, -0.1) is 0 Å². The van der Waals surface area contributed by atoms with Crippen LogP contribution in [0.25, 0.3) is 5.69 Å². The molecule has 150 valence electrons. The highest BCUT2D eigenvalue weighted by Crippen LogP contribution is 2.25. The summed E-state index contributed by atoms with van der Waals surface area (Å²) in [5.41, 5.74) is 0.0584. The lowest BCUT2D eigenvalue weighted by Crippen LogP contribution is -2.25. The van der Waals surface area contributed by atoms with E-state index in [1.165, 1.54) is 28.8 Å². The monoisotopic (exact) mass is 397 g/mol. The lowest BCUT2D eigenvalue weighted by molar-refractivity contribution is -0.153. The van der Waals surface area contributed by atoms with Gasteiger partial charge >= 0.3 is 12.2 Å². The van der Waals surface area contributed by atoms with Crippen molar-refractivity contribution in [3.8, 4) is 17.4 Å². The Balaban J connectivity index is 1.97. The second-order valence-electron chi connectivity index (χ2n) is 6.69. The minimum Gasteiger partial charge on any atom is -0.484 e. The summed E-state index contributed by atoms with van der Waals surface area (Å²) in [6.07, 6.45) is -4.55. The molecule has 2 aromatic rings. The zero-order valence-corrected chi connectivity index (χ0v) is 15.2. The number of carbonyl (C=O) groups is 1. The fourth-order valence-electron chi connectivity index (χ4n) is 2.56. The normalized spacial score (nSPS) is 13.4. The van der Waals surface area contributed by atoms with Gasteiger partial charge in [-0.1, -0.05) is 13.8 Å². The largest absolute Gasteiger partial charge is 0.484 e. The van der Waals surface area contributed by atoms with Crippen molar-refractivity contribution < 1.29 is 27.4 Å². The molecule has 3 rings (SSSR count). The third kappa shape index (κ3) is 4.44. The van der Waals surface area contributed by atoms with E-state index in [-0.39, 0.29) is 48.0 Å². The number of halogens is 3. The molecule has 1 aromatic heterocycles. The Morgan fingerprint density at radius 1 is 1.18 bits per heavy atom. The average molecular weight is 397 g/mol. The summed E-state index contributed by atoms with van der Waals surface area (Å²) in [5.74, 6) is -0.0192. The summed E-state index contributed by atoms with van der Waals surface area (Å²) in [6.45, 7) is 2.71. The Bertz CT molecular complexity index is 937. The van der Waals surface area contributed by atoms with Gasteiger partial charge < -0.3 is 14.8 Å². The maximum absolute atomic E-state index is 12.9. The summed E-state index contributed by atoms with van der Waals surface area (Å²) in [4.78, 5) is 28.7. The second kappa shape index (κ2) is 7.53. The third-order valence-electron chi connectivity index (χ3n) is 3.78. The molecule has 7 nitrogen and oxygen atoms in total. The molecule has 1 amide bonds. The number of amides is 1. The SMILES string of the molecule is CC(C)COc1nc2c(c(=O)n1-c1ccc(OCC(F)(F)F)cc1)CC(=O)N2. The minimum atomic E-state index is -4.45. The molecule has 0 saturated carbocycles. The van der Waals surface area contributed by atoms with Gasteiger partial charge in [0.15, 0.2) is 6.61 Å². The summed E-state index contributed by atoms with van der Waals surface area (Å²) in [6, 6.07) is 5.47. The number of hydrogen-bond donors (Lipinski definition) is 1. The number of fused-ring (bicyclic) bond motifs is 1. The van der Waals surface area contributed by atoms with Gasteiger partial charge in [0.1, 0.15) is 11.6 Å². The molecule has 0 spiro atoms. The average Bonchev–Trinajstić information content (AvgIpc) is 2.99. The van der Waals surface area contributed by atoms with Gasteiger partial charge in [0, 0.05) is 0 Å². The maximum atomic E-state index is 12.9. The summed E-state index contributed by atoms with van der Waals surface area (Å²) in [7, 11) is 0. The number of aromatic nitrogens is 2. The standard InChI is InChI=1S/C18H18F3N3O4/c1-10(2)8-27-17-23-15-13(7-14(25)22-15)16(26)24(17)11-3-5-12(6-4-11)28-9-18(19,20)21/h3-6,10H,7-9H2,1-2H3,(H,22,25). The van der Waals surface area contributed by atoms with Gasteiger partial charge in [-0.05, 0) is 30.2 Å². The number of anilines is 1. The summed E-state index contributed by atoms with van der Waals surface area (Å²) in [5, 5.41) is 2.51. The molecule has 0 radical (unpaired) electrons. The van der Waals surface area contributed by atoms with Gasteiger partial charge in [0.05, 0.1) is 24.3 Å². The summed E-state index contributed by atoms with van der Waals surface area (Å²) < 4.78 is 48.3. The van der Waals surface area contributed by atoms with Gasteiger partial charge in [-0.2, -0.15) is 18.2 Å². The van der Waals surface area contributed by atoms with Crippen molar-refractivity contribution in [1.82, 2.24) is 9.55 Å². The maximum Gasteiger partial charge on any atom is 0.422 e. The molecule has 1 aliphatic heterocycles. The molecule has 28 heavy (non-hydrogen) atoms. The zero-order valence-electron chi connectivity index (χ0n) is 15.2. The molecular formula is C18H18F3N3O4. The van der Waals surface area contributed by atoms with E-state index in [4.69, 9.17) is 4.74 Å². The van der Waals surface area contributed by atoms with Crippen molar-refractivity contribution in [2.75, 3.05) is 18.5 Å². The van der Waals surface area contributed by atoms with Crippen LogP contribution in [0.2, 0.25) is 0 Å². The van der Waals surface area contributed by atoms with Gasteiger partial charge in [0.25, 0.3) is 5.56 Å². The van der Waals surface area contributed by atoms with Crippen LogP contribution < -0.4 is 20.3 Å². The minimum absolute atomic E-state index is 0.00439. The molecule has 10 heteroatoms. The van der Waals surface area contributed by atoms with Crippen molar-refractivity contribution >= 4 is 11.7 Å². The van der Waals surface area contributed by atoms with Crippen LogP contribution in [0.1, 0.15) is 19.4 Å². The number of carbonyl (C=O) groups excluding carboxylic acids is 1. The number of rotatable bonds is 6. The van der Waals surface area contributed by atoms with Gasteiger partial charge in [0.2, 0.25) is 5.91 Å². The smallest absolute Gasteiger partial charge is 0.422 e. The molecule has 0 fully saturated rings. The number of hydrogen-bond acceptors (Lipinski definition) is 5. The van der Waals surface area contributed by atoms with Crippen LogP contribution in [-0.4, -0.2) is 34.8 Å². The first-order valence-corrected chi connectivity index (χ1v) is 8.52. The number of benzene rings is 1. The van der Waals surface area contributed by atoms with E-state index in [1.807, 2.05) is 13.8 Å². The van der Waals surface area contributed by atoms with Crippen LogP contribution in [0.15, 0.2) is 29.1 Å². The number of ether oxygens (including phenoxy) is 2. The Kier molecular flexibility index (Phi) is 5.30. The molecule has 0 saturated heterocycles. The first kappa shape index (κ1) is 19.7. The van der Waals surface area contributed by atoms with E-state index in [0.29, 0.717) is 5.69 Å². The van der Waals surface area contributed by atoms with Crippen molar-refractivity contribution in [2.24, 2.45) is 5.92 Å². The van der Waals surface area contributed by atoms with Gasteiger partial charge in [-0.3, -0.25) is 9.59 Å². The molecule has 2 heterocycles. The van der Waals surface area contributed by atoms with Crippen molar-refractivity contribution in [3.05, 3.63) is 40.2 Å². The molecule has 1 aromatic carbocycles. The predicted octanol–water partition coefficient (Wildman–Crippen LogP) is 2.70. The quantitative estimate of drug-likeness (QED) is 0.811. The molecule has 0 unspecified atom stereocenters. The van der Waals surface area contributed by atoms with Crippen molar-refractivity contribution in [1.29, 1.82) is 0 Å². The Labute approximate surface area is 158 Å². The molecule has 0 atom stereocenters. The van der Waals surface area contributed by atoms with Gasteiger partial charge in [-0.25, -0.2) is 4.57 Å². The Morgan fingerprint density at radius 3 is 2.46 bits per heavy atom. The topological polar surface area (TPSA) is 82.4 Å². The highest BCUT2D eigenvalue weighted by Gasteiger charge is 2.29. The third-order valence-corrected chi connectivity index (χ3v) is 3.78. The molecule has 0 aliphatic carbocycles. The van der Waals surface area contributed by atoms with Crippen molar-refractivity contribution in [3.63, 3.8) is 0 Å².